The van der Waals surface area contributed by atoms with Crippen LogP contribution in [0.3, 0.4) is 0 Å². The molecule has 1 fully saturated rings. The lowest BCUT2D eigenvalue weighted by Crippen LogP contribution is -2.45. The Bertz CT molecular complexity index is 348. The first-order chi connectivity index (χ1) is 9.26. The Balaban J connectivity index is 2.63. The van der Waals surface area contributed by atoms with Gasteiger partial charge in [0.2, 0.25) is 11.8 Å². The van der Waals surface area contributed by atoms with Crippen LogP contribution in [0.1, 0.15) is 46.5 Å². The standard InChI is InChI=1S/C14H23F2NO3/c1-4-20-12(18)9-17(10(2)3)13(19)11-5-7-14(15,16)8-6-11/h10-11H,4-9H2,1-3H3. The predicted octanol–water partition coefficient (Wildman–Crippen LogP) is 2.61. The van der Waals surface area contributed by atoms with Crippen molar-refractivity contribution < 1.29 is 23.1 Å². The Morgan fingerprint density at radius 1 is 1.30 bits per heavy atom. The lowest BCUT2D eigenvalue weighted by molar-refractivity contribution is -0.153. The zero-order valence-corrected chi connectivity index (χ0v) is 12.3. The summed E-state index contributed by atoms with van der Waals surface area (Å²) in [6, 6.07) is -0.158. The van der Waals surface area contributed by atoms with Crippen LogP contribution in [0, 0.1) is 5.92 Å². The molecule has 1 rings (SSSR count). The van der Waals surface area contributed by atoms with Gasteiger partial charge in [-0.1, -0.05) is 0 Å². The summed E-state index contributed by atoms with van der Waals surface area (Å²) in [5, 5.41) is 0. The SMILES string of the molecule is CCOC(=O)CN(C(=O)C1CCC(F)(F)CC1)C(C)C. The minimum absolute atomic E-state index is 0.114. The molecule has 0 saturated heterocycles. The molecule has 116 valence electrons. The molecule has 1 aliphatic carbocycles. The van der Waals surface area contributed by atoms with Crippen LogP contribution < -0.4 is 0 Å². The van der Waals surface area contributed by atoms with Gasteiger partial charge in [0, 0.05) is 24.8 Å². The number of halogens is 2. The highest BCUT2D eigenvalue weighted by Crippen LogP contribution is 2.37. The first-order valence-corrected chi connectivity index (χ1v) is 7.10. The van der Waals surface area contributed by atoms with E-state index in [1.54, 1.807) is 20.8 Å². The van der Waals surface area contributed by atoms with E-state index >= 15 is 0 Å². The van der Waals surface area contributed by atoms with E-state index in [1.807, 2.05) is 0 Å². The second-order valence-electron chi connectivity index (χ2n) is 5.50. The number of alkyl halides is 2. The van der Waals surface area contributed by atoms with Crippen LogP contribution in [0.4, 0.5) is 8.78 Å². The summed E-state index contributed by atoms with van der Waals surface area (Å²) >= 11 is 0. The molecule has 0 atom stereocenters. The lowest BCUT2D eigenvalue weighted by Gasteiger charge is -2.33. The van der Waals surface area contributed by atoms with Crippen molar-refractivity contribution in [1.82, 2.24) is 4.90 Å². The Morgan fingerprint density at radius 2 is 1.85 bits per heavy atom. The van der Waals surface area contributed by atoms with Gasteiger partial charge in [-0.05, 0) is 33.6 Å². The van der Waals surface area contributed by atoms with E-state index in [1.165, 1.54) is 4.90 Å². The maximum atomic E-state index is 13.1. The third-order valence-electron chi connectivity index (χ3n) is 3.58. The fourth-order valence-corrected chi connectivity index (χ4v) is 2.38. The number of ether oxygens (including phenoxy) is 1. The number of nitrogens with zero attached hydrogens (tertiary/aromatic N) is 1. The highest BCUT2D eigenvalue weighted by atomic mass is 19.3. The first-order valence-electron chi connectivity index (χ1n) is 7.10. The highest BCUT2D eigenvalue weighted by Gasteiger charge is 2.39. The molecule has 0 aromatic carbocycles. The smallest absolute Gasteiger partial charge is 0.325 e. The van der Waals surface area contributed by atoms with Gasteiger partial charge in [0.25, 0.3) is 0 Å². The minimum Gasteiger partial charge on any atom is -0.465 e. The number of esters is 1. The van der Waals surface area contributed by atoms with E-state index in [0.717, 1.165) is 0 Å². The maximum Gasteiger partial charge on any atom is 0.325 e. The zero-order chi connectivity index (χ0) is 15.3. The number of carbonyl (C=O) groups is 2. The van der Waals surface area contributed by atoms with Gasteiger partial charge in [0.15, 0.2) is 0 Å². The largest absolute Gasteiger partial charge is 0.465 e. The molecule has 1 aliphatic rings. The molecule has 0 aromatic rings. The van der Waals surface area contributed by atoms with E-state index in [2.05, 4.69) is 0 Å². The van der Waals surface area contributed by atoms with Gasteiger partial charge in [-0.2, -0.15) is 0 Å². The molecule has 0 aliphatic heterocycles. The van der Waals surface area contributed by atoms with Crippen molar-refractivity contribution in [2.75, 3.05) is 13.2 Å². The first kappa shape index (κ1) is 16.9. The summed E-state index contributed by atoms with van der Waals surface area (Å²) in [5.74, 6) is -3.74. The fraction of sp³-hybridized carbons (Fsp3) is 0.857. The number of amides is 1. The average molecular weight is 291 g/mol. The molecular formula is C14H23F2NO3. The van der Waals surface area contributed by atoms with Gasteiger partial charge in [-0.3, -0.25) is 9.59 Å². The quantitative estimate of drug-likeness (QED) is 0.731. The van der Waals surface area contributed by atoms with Gasteiger partial charge < -0.3 is 9.64 Å². The van der Waals surface area contributed by atoms with Crippen molar-refractivity contribution in [2.24, 2.45) is 5.92 Å². The van der Waals surface area contributed by atoms with Gasteiger partial charge in [-0.15, -0.1) is 0 Å². The highest BCUT2D eigenvalue weighted by molar-refractivity contribution is 5.84. The third kappa shape index (κ3) is 4.72. The fourth-order valence-electron chi connectivity index (χ4n) is 2.38. The Morgan fingerprint density at radius 3 is 2.30 bits per heavy atom. The normalized spacial score (nSPS) is 18.9. The molecule has 0 aromatic heterocycles. The van der Waals surface area contributed by atoms with Crippen LogP contribution in [0.15, 0.2) is 0 Å². The molecule has 0 bridgehead atoms. The Hall–Kier alpha value is -1.20. The third-order valence-corrected chi connectivity index (χ3v) is 3.58. The molecule has 6 heteroatoms. The number of carbonyl (C=O) groups excluding carboxylic acids is 2. The molecular weight excluding hydrogens is 268 g/mol. The summed E-state index contributed by atoms with van der Waals surface area (Å²) in [6.45, 7) is 5.44. The summed E-state index contributed by atoms with van der Waals surface area (Å²) in [5.41, 5.74) is 0. The maximum absolute atomic E-state index is 13.1. The molecule has 4 nitrogen and oxygen atoms in total. The van der Waals surface area contributed by atoms with Gasteiger partial charge in [0.1, 0.15) is 6.54 Å². The second-order valence-corrected chi connectivity index (χ2v) is 5.50. The molecule has 0 spiro atoms. The van der Waals surface area contributed by atoms with E-state index < -0.39 is 17.8 Å². The predicted molar refractivity (Wildman–Crippen MR) is 70.4 cm³/mol. The van der Waals surface area contributed by atoms with Crippen LogP contribution in [-0.4, -0.2) is 41.9 Å². The minimum atomic E-state index is -2.65. The van der Waals surface area contributed by atoms with Crippen LogP contribution in [0.25, 0.3) is 0 Å². The van der Waals surface area contributed by atoms with Gasteiger partial charge in [-0.25, -0.2) is 8.78 Å². The zero-order valence-electron chi connectivity index (χ0n) is 12.3. The van der Waals surface area contributed by atoms with E-state index in [-0.39, 0.29) is 50.8 Å². The number of hydrogen-bond acceptors (Lipinski definition) is 3. The van der Waals surface area contributed by atoms with Crippen LogP contribution in [0.5, 0.6) is 0 Å². The molecule has 0 heterocycles. The molecule has 0 radical (unpaired) electrons. The van der Waals surface area contributed by atoms with E-state index in [0.29, 0.717) is 0 Å². The van der Waals surface area contributed by atoms with Crippen molar-refractivity contribution in [3.05, 3.63) is 0 Å². The summed E-state index contributed by atoms with van der Waals surface area (Å²) < 4.78 is 31.1. The van der Waals surface area contributed by atoms with Crippen molar-refractivity contribution in [1.29, 1.82) is 0 Å². The van der Waals surface area contributed by atoms with E-state index in [4.69, 9.17) is 4.74 Å². The molecule has 1 saturated carbocycles. The topological polar surface area (TPSA) is 46.6 Å². The lowest BCUT2D eigenvalue weighted by atomic mass is 9.85. The van der Waals surface area contributed by atoms with Gasteiger partial charge >= 0.3 is 5.97 Å². The van der Waals surface area contributed by atoms with E-state index in [9.17, 15) is 18.4 Å². The van der Waals surface area contributed by atoms with Crippen molar-refractivity contribution >= 4 is 11.9 Å². The molecule has 0 N–H and O–H groups in total. The van der Waals surface area contributed by atoms with Crippen molar-refractivity contribution in [3.8, 4) is 0 Å². The summed E-state index contributed by atoms with van der Waals surface area (Å²) in [4.78, 5) is 25.3. The number of rotatable bonds is 5. The molecule has 20 heavy (non-hydrogen) atoms. The average Bonchev–Trinajstić information content (AvgIpc) is 2.35. The van der Waals surface area contributed by atoms with Crippen molar-refractivity contribution in [2.45, 2.75) is 58.4 Å². The van der Waals surface area contributed by atoms with Crippen LogP contribution in [-0.2, 0) is 14.3 Å². The van der Waals surface area contributed by atoms with Crippen LogP contribution >= 0.6 is 0 Å². The summed E-state index contributed by atoms with van der Waals surface area (Å²) in [7, 11) is 0. The molecule has 0 unspecified atom stereocenters. The molecule has 1 amide bonds. The number of hydrogen-bond donors (Lipinski definition) is 0. The Kier molecular flexibility index (Phi) is 5.89. The van der Waals surface area contributed by atoms with Crippen molar-refractivity contribution in [3.63, 3.8) is 0 Å². The summed E-state index contributed by atoms with van der Waals surface area (Å²) in [6.07, 6.45) is -0.154. The second kappa shape index (κ2) is 6.99. The Labute approximate surface area is 118 Å². The van der Waals surface area contributed by atoms with Gasteiger partial charge in [0.05, 0.1) is 6.61 Å². The van der Waals surface area contributed by atoms with Crippen LogP contribution in [0.2, 0.25) is 0 Å². The monoisotopic (exact) mass is 291 g/mol.